The van der Waals surface area contributed by atoms with Gasteiger partial charge in [0.1, 0.15) is 5.01 Å². The Bertz CT molecular complexity index is 350. The first-order valence-electron chi connectivity index (χ1n) is 5.56. The molecule has 2 rings (SSSR count). The van der Waals surface area contributed by atoms with Gasteiger partial charge < -0.3 is 10.1 Å². The lowest BCUT2D eigenvalue weighted by Gasteiger charge is -2.36. The average Bonchev–Trinajstić information content (AvgIpc) is 2.65. The van der Waals surface area contributed by atoms with Gasteiger partial charge in [-0.05, 0) is 42.6 Å². The van der Waals surface area contributed by atoms with E-state index in [0.29, 0.717) is 6.04 Å². The predicted molar refractivity (Wildman–Crippen MR) is 69.8 cm³/mol. The lowest BCUT2D eigenvalue weighted by molar-refractivity contribution is 0.0413. The van der Waals surface area contributed by atoms with Crippen LogP contribution >= 0.6 is 27.3 Å². The van der Waals surface area contributed by atoms with Gasteiger partial charge in [0.2, 0.25) is 0 Å². The van der Waals surface area contributed by atoms with Crippen LogP contribution in [0.5, 0.6) is 0 Å². The average molecular weight is 305 g/mol. The normalized spacial score (nSPS) is 21.9. The van der Waals surface area contributed by atoms with Crippen molar-refractivity contribution in [3.63, 3.8) is 0 Å². The maximum Gasteiger partial charge on any atom is 0.110 e. The molecule has 0 saturated carbocycles. The summed E-state index contributed by atoms with van der Waals surface area (Å²) in [5.41, 5.74) is 0.190. The van der Waals surface area contributed by atoms with Crippen molar-refractivity contribution in [2.45, 2.75) is 38.3 Å². The second-order valence-electron chi connectivity index (χ2n) is 4.54. The van der Waals surface area contributed by atoms with Crippen LogP contribution in [0.4, 0.5) is 0 Å². The fourth-order valence-electron chi connectivity index (χ4n) is 2.02. The summed E-state index contributed by atoms with van der Waals surface area (Å²) in [5, 5.41) is 4.81. The molecule has 5 heteroatoms. The molecule has 0 bridgehead atoms. The van der Waals surface area contributed by atoms with Crippen LogP contribution in [0.2, 0.25) is 0 Å². The van der Waals surface area contributed by atoms with Crippen LogP contribution in [0.25, 0.3) is 0 Å². The molecule has 1 saturated heterocycles. The Labute approximate surface area is 109 Å². The molecule has 1 aromatic heterocycles. The van der Waals surface area contributed by atoms with E-state index in [2.05, 4.69) is 40.1 Å². The standard InChI is InChI=1S/C11H17BrN2OS/c1-8(10-13-7-9(12)16-10)14-11(2)3-5-15-6-4-11/h7-8,14H,3-6H2,1-2H3. The summed E-state index contributed by atoms with van der Waals surface area (Å²) in [6, 6.07) is 0.305. The molecular formula is C11H17BrN2OS. The molecule has 1 aromatic rings. The van der Waals surface area contributed by atoms with E-state index in [0.717, 1.165) is 34.8 Å². The van der Waals surface area contributed by atoms with Crippen molar-refractivity contribution in [2.75, 3.05) is 13.2 Å². The SMILES string of the molecule is CC(NC1(C)CCOCC1)c1ncc(Br)s1. The Morgan fingerprint density at radius 2 is 2.25 bits per heavy atom. The van der Waals surface area contributed by atoms with Gasteiger partial charge in [-0.25, -0.2) is 4.98 Å². The van der Waals surface area contributed by atoms with Gasteiger partial charge >= 0.3 is 0 Å². The van der Waals surface area contributed by atoms with E-state index in [-0.39, 0.29) is 5.54 Å². The number of thiazole rings is 1. The number of rotatable bonds is 3. The number of nitrogens with zero attached hydrogens (tertiary/aromatic N) is 1. The van der Waals surface area contributed by atoms with Crippen LogP contribution in [-0.4, -0.2) is 23.7 Å². The van der Waals surface area contributed by atoms with Crippen molar-refractivity contribution in [2.24, 2.45) is 0 Å². The number of hydrogen-bond acceptors (Lipinski definition) is 4. The number of aromatic nitrogens is 1. The van der Waals surface area contributed by atoms with Crippen LogP contribution < -0.4 is 5.32 Å². The van der Waals surface area contributed by atoms with Crippen LogP contribution in [0.3, 0.4) is 0 Å². The van der Waals surface area contributed by atoms with Crippen molar-refractivity contribution < 1.29 is 4.74 Å². The molecule has 1 aliphatic rings. The molecule has 0 amide bonds. The van der Waals surface area contributed by atoms with Crippen LogP contribution in [0.15, 0.2) is 9.98 Å². The zero-order chi connectivity index (χ0) is 11.6. The summed E-state index contributed by atoms with van der Waals surface area (Å²) in [7, 11) is 0. The molecule has 1 N–H and O–H groups in total. The Hall–Kier alpha value is 0.0300. The van der Waals surface area contributed by atoms with Crippen molar-refractivity contribution in [3.05, 3.63) is 15.0 Å². The number of hydrogen-bond donors (Lipinski definition) is 1. The van der Waals surface area contributed by atoms with E-state index in [4.69, 9.17) is 4.74 Å². The van der Waals surface area contributed by atoms with Gasteiger partial charge in [-0.1, -0.05) is 0 Å². The first-order chi connectivity index (χ1) is 7.59. The van der Waals surface area contributed by atoms with E-state index < -0.39 is 0 Å². The molecule has 0 aliphatic carbocycles. The minimum Gasteiger partial charge on any atom is -0.381 e. The van der Waals surface area contributed by atoms with Crippen molar-refractivity contribution >= 4 is 27.3 Å². The second kappa shape index (κ2) is 5.12. The van der Waals surface area contributed by atoms with E-state index in [9.17, 15) is 0 Å². The van der Waals surface area contributed by atoms with Crippen LogP contribution in [-0.2, 0) is 4.74 Å². The first kappa shape index (κ1) is 12.5. The lowest BCUT2D eigenvalue weighted by atomic mass is 9.92. The summed E-state index contributed by atoms with van der Waals surface area (Å²) in [4.78, 5) is 4.39. The molecule has 0 aromatic carbocycles. The third kappa shape index (κ3) is 3.03. The monoisotopic (exact) mass is 304 g/mol. The quantitative estimate of drug-likeness (QED) is 0.931. The van der Waals surface area contributed by atoms with Crippen LogP contribution in [0.1, 0.15) is 37.7 Å². The van der Waals surface area contributed by atoms with E-state index in [1.165, 1.54) is 0 Å². The van der Waals surface area contributed by atoms with E-state index in [1.807, 2.05) is 6.20 Å². The molecule has 16 heavy (non-hydrogen) atoms. The third-order valence-corrected chi connectivity index (χ3v) is 4.69. The highest BCUT2D eigenvalue weighted by Crippen LogP contribution is 2.28. The minimum absolute atomic E-state index is 0.190. The van der Waals surface area contributed by atoms with Gasteiger partial charge in [0.25, 0.3) is 0 Å². The van der Waals surface area contributed by atoms with Gasteiger partial charge in [0, 0.05) is 18.8 Å². The molecular weight excluding hydrogens is 288 g/mol. The molecule has 1 aliphatic heterocycles. The van der Waals surface area contributed by atoms with Crippen molar-refractivity contribution in [1.29, 1.82) is 0 Å². The number of ether oxygens (including phenoxy) is 1. The minimum atomic E-state index is 0.190. The smallest absolute Gasteiger partial charge is 0.110 e. The first-order valence-corrected chi connectivity index (χ1v) is 7.17. The lowest BCUT2D eigenvalue weighted by Crippen LogP contribution is -2.47. The number of nitrogens with one attached hydrogen (secondary N) is 1. The molecule has 0 radical (unpaired) electrons. The Morgan fingerprint density at radius 3 is 2.81 bits per heavy atom. The summed E-state index contributed by atoms with van der Waals surface area (Å²) in [6.07, 6.45) is 4.01. The fourth-order valence-corrected chi connectivity index (χ4v) is 3.26. The van der Waals surface area contributed by atoms with E-state index >= 15 is 0 Å². The Morgan fingerprint density at radius 1 is 1.56 bits per heavy atom. The maximum absolute atomic E-state index is 5.40. The zero-order valence-electron chi connectivity index (χ0n) is 9.62. The molecule has 1 unspecified atom stereocenters. The zero-order valence-corrected chi connectivity index (χ0v) is 12.0. The van der Waals surface area contributed by atoms with Gasteiger partial charge in [0.05, 0.1) is 16.0 Å². The fraction of sp³-hybridized carbons (Fsp3) is 0.727. The third-order valence-electron chi connectivity index (χ3n) is 3.03. The summed E-state index contributed by atoms with van der Waals surface area (Å²) in [5.74, 6) is 0. The van der Waals surface area contributed by atoms with Gasteiger partial charge in [0.15, 0.2) is 0 Å². The summed E-state index contributed by atoms with van der Waals surface area (Å²) >= 11 is 5.14. The highest BCUT2D eigenvalue weighted by atomic mass is 79.9. The van der Waals surface area contributed by atoms with Crippen molar-refractivity contribution in [1.82, 2.24) is 10.3 Å². The Balaban J connectivity index is 1.98. The molecule has 0 spiro atoms. The maximum atomic E-state index is 5.40. The summed E-state index contributed by atoms with van der Waals surface area (Å²) < 4.78 is 6.49. The van der Waals surface area contributed by atoms with Gasteiger partial charge in [-0.3, -0.25) is 0 Å². The largest absolute Gasteiger partial charge is 0.381 e. The van der Waals surface area contributed by atoms with Gasteiger partial charge in [-0.2, -0.15) is 0 Å². The van der Waals surface area contributed by atoms with Gasteiger partial charge in [-0.15, -0.1) is 11.3 Å². The second-order valence-corrected chi connectivity index (χ2v) is 6.98. The highest BCUT2D eigenvalue weighted by Gasteiger charge is 2.29. The highest BCUT2D eigenvalue weighted by molar-refractivity contribution is 9.11. The van der Waals surface area contributed by atoms with E-state index in [1.54, 1.807) is 11.3 Å². The topological polar surface area (TPSA) is 34.1 Å². The Kier molecular flexibility index (Phi) is 4.00. The molecule has 1 fully saturated rings. The summed E-state index contributed by atoms with van der Waals surface area (Å²) in [6.45, 7) is 6.16. The molecule has 2 heterocycles. The van der Waals surface area contributed by atoms with Crippen molar-refractivity contribution in [3.8, 4) is 0 Å². The molecule has 90 valence electrons. The molecule has 1 atom stereocenters. The predicted octanol–water partition coefficient (Wildman–Crippen LogP) is 3.13. The van der Waals surface area contributed by atoms with Crippen LogP contribution in [0, 0.1) is 0 Å². The molecule has 3 nitrogen and oxygen atoms in total. The number of halogens is 1.